The summed E-state index contributed by atoms with van der Waals surface area (Å²) in [5, 5.41) is 10.5. The topological polar surface area (TPSA) is 237 Å². The second-order valence-corrected chi connectivity index (χ2v) is 26.7. The van der Waals surface area contributed by atoms with E-state index in [0.717, 1.165) is 115 Å². The lowest BCUT2D eigenvalue weighted by atomic mass is 10.0. The van der Waals surface area contributed by atoms with E-state index in [0.29, 0.717) is 25.7 Å². The van der Waals surface area contributed by atoms with Crippen LogP contribution < -0.4 is 0 Å². The second-order valence-electron chi connectivity index (χ2n) is 23.7. The Labute approximate surface area is 498 Å². The van der Waals surface area contributed by atoms with Crippen LogP contribution in [0.15, 0.2) is 0 Å². The molecular formula is C63H122O17P2. The number of rotatable bonds is 62. The fourth-order valence-corrected chi connectivity index (χ4v) is 10.9. The van der Waals surface area contributed by atoms with E-state index in [-0.39, 0.29) is 25.7 Å². The number of carbonyl (C=O) groups excluding carboxylic acids is 4. The Bertz CT molecular complexity index is 1620. The van der Waals surface area contributed by atoms with Gasteiger partial charge in [-0.3, -0.25) is 37.3 Å². The molecule has 0 aliphatic heterocycles. The third kappa shape index (κ3) is 57.2. The van der Waals surface area contributed by atoms with Crippen LogP contribution in [0.1, 0.15) is 311 Å². The average molecular weight is 1210 g/mol. The Hall–Kier alpha value is -1.94. The zero-order valence-electron chi connectivity index (χ0n) is 52.8. The average Bonchev–Trinajstić information content (AvgIpc) is 3.44. The molecule has 0 heterocycles. The molecule has 5 atom stereocenters. The monoisotopic (exact) mass is 1210 g/mol. The quantitative estimate of drug-likeness (QED) is 0.0222. The minimum absolute atomic E-state index is 0.105. The van der Waals surface area contributed by atoms with E-state index in [2.05, 4.69) is 41.5 Å². The number of aliphatic hydroxyl groups excluding tert-OH is 1. The van der Waals surface area contributed by atoms with E-state index in [1.54, 1.807) is 0 Å². The molecule has 0 saturated carbocycles. The lowest BCUT2D eigenvalue weighted by molar-refractivity contribution is -0.161. The number of phosphoric acid groups is 2. The Kier molecular flexibility index (Phi) is 54.3. The molecule has 17 nitrogen and oxygen atoms in total. The van der Waals surface area contributed by atoms with Crippen molar-refractivity contribution in [3.63, 3.8) is 0 Å². The predicted octanol–water partition coefficient (Wildman–Crippen LogP) is 17.3. The van der Waals surface area contributed by atoms with Gasteiger partial charge in [0.05, 0.1) is 26.4 Å². The Morgan fingerprint density at radius 3 is 0.829 bits per heavy atom. The summed E-state index contributed by atoms with van der Waals surface area (Å²) in [6.07, 6.45) is 37.7. The smallest absolute Gasteiger partial charge is 0.462 e. The second kappa shape index (κ2) is 55.6. The van der Waals surface area contributed by atoms with Crippen LogP contribution in [0.5, 0.6) is 0 Å². The maximum atomic E-state index is 13.0. The van der Waals surface area contributed by atoms with Gasteiger partial charge in [0.1, 0.15) is 19.3 Å². The number of hydrogen-bond acceptors (Lipinski definition) is 15. The van der Waals surface area contributed by atoms with Gasteiger partial charge in [0.2, 0.25) is 0 Å². The van der Waals surface area contributed by atoms with Crippen molar-refractivity contribution in [2.24, 2.45) is 11.8 Å². The molecule has 0 bridgehead atoms. The van der Waals surface area contributed by atoms with E-state index in [4.69, 9.17) is 37.0 Å². The lowest BCUT2D eigenvalue weighted by Gasteiger charge is -2.21. The third-order valence-electron chi connectivity index (χ3n) is 14.5. The summed E-state index contributed by atoms with van der Waals surface area (Å²) in [6, 6.07) is 0. The van der Waals surface area contributed by atoms with Crippen LogP contribution in [0.3, 0.4) is 0 Å². The molecule has 0 amide bonds. The summed E-state index contributed by atoms with van der Waals surface area (Å²) in [4.78, 5) is 72.0. The number of carbonyl (C=O) groups is 4. The van der Waals surface area contributed by atoms with Crippen LogP contribution in [-0.4, -0.2) is 96.7 Å². The molecule has 82 heavy (non-hydrogen) atoms. The van der Waals surface area contributed by atoms with Crippen LogP contribution in [0.25, 0.3) is 0 Å². The van der Waals surface area contributed by atoms with Crippen molar-refractivity contribution < 1.29 is 80.2 Å². The maximum absolute atomic E-state index is 13.0. The molecule has 0 aromatic rings. The summed E-state index contributed by atoms with van der Waals surface area (Å²) in [6.45, 7) is 9.41. The SMILES string of the molecule is CCCCCCCCCCCC(=O)O[C@H](COC(=O)CCCCCCCCC)COP(=O)(O)OC[C@H](O)COP(=O)(O)OC[C@@H](COC(=O)CCCCCCCCCCCC(C)C)OC(=O)CCCCCCCCCCCCCC(C)C. The van der Waals surface area contributed by atoms with Crippen molar-refractivity contribution in [3.05, 3.63) is 0 Å². The van der Waals surface area contributed by atoms with E-state index in [1.165, 1.54) is 116 Å². The number of ether oxygens (including phenoxy) is 4. The van der Waals surface area contributed by atoms with Crippen LogP contribution in [-0.2, 0) is 65.4 Å². The third-order valence-corrected chi connectivity index (χ3v) is 16.4. The Morgan fingerprint density at radius 2 is 0.561 bits per heavy atom. The van der Waals surface area contributed by atoms with Gasteiger partial charge in [-0.05, 0) is 37.5 Å². The summed E-state index contributed by atoms with van der Waals surface area (Å²) in [5.74, 6) is -0.631. The van der Waals surface area contributed by atoms with Crippen LogP contribution >= 0.6 is 15.6 Å². The summed E-state index contributed by atoms with van der Waals surface area (Å²) in [5.41, 5.74) is 0. The highest BCUT2D eigenvalue weighted by atomic mass is 31.2. The molecule has 0 aromatic heterocycles. The van der Waals surface area contributed by atoms with Crippen molar-refractivity contribution in [1.29, 1.82) is 0 Å². The first-order valence-corrected chi connectivity index (χ1v) is 36.0. The first-order chi connectivity index (χ1) is 39.4. The normalized spacial score (nSPS) is 14.3. The van der Waals surface area contributed by atoms with Crippen LogP contribution in [0.4, 0.5) is 0 Å². The van der Waals surface area contributed by atoms with Crippen molar-refractivity contribution in [2.75, 3.05) is 39.6 Å². The Morgan fingerprint density at radius 1 is 0.329 bits per heavy atom. The van der Waals surface area contributed by atoms with E-state index in [1.807, 2.05) is 0 Å². The molecular weight excluding hydrogens is 1090 g/mol. The highest BCUT2D eigenvalue weighted by molar-refractivity contribution is 7.47. The first-order valence-electron chi connectivity index (χ1n) is 33.0. The van der Waals surface area contributed by atoms with Gasteiger partial charge in [-0.1, -0.05) is 260 Å². The van der Waals surface area contributed by atoms with E-state index in [9.17, 15) is 43.2 Å². The van der Waals surface area contributed by atoms with Gasteiger partial charge in [-0.15, -0.1) is 0 Å². The molecule has 0 spiro atoms. The molecule has 0 fully saturated rings. The summed E-state index contributed by atoms with van der Waals surface area (Å²) in [7, 11) is -9.88. The van der Waals surface area contributed by atoms with Gasteiger partial charge in [-0.2, -0.15) is 0 Å². The number of esters is 4. The van der Waals surface area contributed by atoms with Gasteiger partial charge in [0.15, 0.2) is 12.2 Å². The predicted molar refractivity (Wildman–Crippen MR) is 326 cm³/mol. The molecule has 0 rings (SSSR count). The summed E-state index contributed by atoms with van der Waals surface area (Å²) < 4.78 is 67.8. The zero-order valence-corrected chi connectivity index (χ0v) is 54.6. The first kappa shape index (κ1) is 80.1. The molecule has 3 N–H and O–H groups in total. The zero-order chi connectivity index (χ0) is 60.8. The number of phosphoric ester groups is 2. The van der Waals surface area contributed by atoms with E-state index >= 15 is 0 Å². The largest absolute Gasteiger partial charge is 0.472 e. The minimum Gasteiger partial charge on any atom is -0.462 e. The van der Waals surface area contributed by atoms with Gasteiger partial charge in [-0.25, -0.2) is 9.13 Å². The van der Waals surface area contributed by atoms with Crippen LogP contribution in [0, 0.1) is 11.8 Å². The van der Waals surface area contributed by atoms with Crippen molar-refractivity contribution >= 4 is 39.5 Å². The van der Waals surface area contributed by atoms with Gasteiger partial charge in [0, 0.05) is 25.7 Å². The summed E-state index contributed by atoms with van der Waals surface area (Å²) >= 11 is 0. The number of unbranched alkanes of at least 4 members (excludes halogenated alkanes) is 32. The van der Waals surface area contributed by atoms with Crippen molar-refractivity contribution in [1.82, 2.24) is 0 Å². The van der Waals surface area contributed by atoms with Crippen molar-refractivity contribution in [3.8, 4) is 0 Å². The molecule has 486 valence electrons. The van der Waals surface area contributed by atoms with Gasteiger partial charge < -0.3 is 33.8 Å². The lowest BCUT2D eigenvalue weighted by Crippen LogP contribution is -2.30. The molecule has 0 aliphatic carbocycles. The van der Waals surface area contributed by atoms with Crippen molar-refractivity contribution in [2.45, 2.75) is 330 Å². The number of aliphatic hydroxyl groups is 1. The molecule has 0 saturated heterocycles. The Balaban J connectivity index is 5.21. The van der Waals surface area contributed by atoms with Crippen LogP contribution in [0.2, 0.25) is 0 Å². The molecule has 2 unspecified atom stereocenters. The minimum atomic E-state index is -4.94. The number of hydrogen-bond donors (Lipinski definition) is 3. The molecule has 19 heteroatoms. The fraction of sp³-hybridized carbons (Fsp3) is 0.937. The highest BCUT2D eigenvalue weighted by Crippen LogP contribution is 2.45. The molecule has 0 aliphatic rings. The fourth-order valence-electron chi connectivity index (χ4n) is 9.35. The maximum Gasteiger partial charge on any atom is 0.472 e. The molecule has 0 radical (unpaired) electrons. The molecule has 0 aromatic carbocycles. The van der Waals surface area contributed by atoms with Gasteiger partial charge >= 0.3 is 39.5 Å². The highest BCUT2D eigenvalue weighted by Gasteiger charge is 2.30. The van der Waals surface area contributed by atoms with Gasteiger partial charge in [0.25, 0.3) is 0 Å². The van der Waals surface area contributed by atoms with E-state index < -0.39 is 97.5 Å². The standard InChI is InChI=1S/C63H122O17P2/c1-7-9-11-13-15-20-29-35-41-47-62(67)79-58(51-73-60(65)45-39-33-25-14-12-10-8-2)53-77-81(69,70)75-49-57(64)50-76-82(71,72)78-54-59(52-74-61(66)46-40-34-28-24-19-22-27-32-38-44-56(5)6)80-63(68)48-42-36-30-23-18-16-17-21-26-31-37-43-55(3)4/h55-59,64H,7-54H2,1-6H3,(H,69,70)(H,71,72)/t57-,58+,59+/m0/s1.